The molecule has 2 rings (SSSR count). The second kappa shape index (κ2) is 5.24. The fraction of sp³-hybridized carbons (Fsp3) is 0.417. The fourth-order valence-electron chi connectivity index (χ4n) is 1.67. The Hall–Kier alpha value is -1.14. The second-order valence-electron chi connectivity index (χ2n) is 3.98. The van der Waals surface area contributed by atoms with Crippen LogP contribution in [0.5, 0.6) is 0 Å². The summed E-state index contributed by atoms with van der Waals surface area (Å²) in [5.41, 5.74) is 1.13. The molecule has 0 N–H and O–H groups in total. The number of hydrogen-bond acceptors (Lipinski definition) is 6. The van der Waals surface area contributed by atoms with Crippen LogP contribution >= 0.6 is 23.1 Å². The molecule has 0 amide bonds. The third kappa shape index (κ3) is 2.35. The van der Waals surface area contributed by atoms with Gasteiger partial charge < -0.3 is 9.90 Å². The van der Waals surface area contributed by atoms with E-state index in [1.54, 1.807) is 11.3 Å². The lowest BCUT2D eigenvalue weighted by Crippen LogP contribution is -2.33. The monoisotopic (exact) mass is 281 g/mol. The molecule has 2 aromatic rings. The molecule has 18 heavy (non-hydrogen) atoms. The molecule has 4 nitrogen and oxygen atoms in total. The lowest BCUT2D eigenvalue weighted by molar-refractivity contribution is -0.304. The Labute approximate surface area is 113 Å². The first-order valence-electron chi connectivity index (χ1n) is 5.62. The van der Waals surface area contributed by atoms with Crippen LogP contribution in [-0.2, 0) is 4.79 Å². The number of fused-ring (bicyclic) bond motifs is 1. The molecule has 0 bridgehead atoms. The third-order valence-electron chi connectivity index (χ3n) is 2.82. The molecule has 0 radical (unpaired) electrons. The Morgan fingerprint density at radius 3 is 2.83 bits per heavy atom. The van der Waals surface area contributed by atoms with Crippen molar-refractivity contribution < 1.29 is 9.90 Å². The molecule has 6 heteroatoms. The van der Waals surface area contributed by atoms with Crippen LogP contribution in [-0.4, -0.2) is 21.2 Å². The van der Waals surface area contributed by atoms with Crippen molar-refractivity contribution in [3.05, 3.63) is 16.8 Å². The Balaban J connectivity index is 2.47. The first-order chi connectivity index (χ1) is 8.54. The molecule has 0 spiro atoms. The van der Waals surface area contributed by atoms with Gasteiger partial charge in [0.2, 0.25) is 0 Å². The van der Waals surface area contributed by atoms with Gasteiger partial charge in [0.1, 0.15) is 16.2 Å². The number of aliphatic carboxylic acids is 1. The summed E-state index contributed by atoms with van der Waals surface area (Å²) in [4.78, 5) is 21.5. The van der Waals surface area contributed by atoms with E-state index in [9.17, 15) is 9.90 Å². The number of carbonyl (C=O) groups is 1. The number of rotatable bonds is 4. The molecule has 0 aliphatic heterocycles. The van der Waals surface area contributed by atoms with Crippen molar-refractivity contribution in [2.45, 2.75) is 37.5 Å². The zero-order valence-electron chi connectivity index (χ0n) is 10.4. The van der Waals surface area contributed by atoms with Gasteiger partial charge in [-0.1, -0.05) is 18.7 Å². The Kier molecular flexibility index (Phi) is 3.87. The van der Waals surface area contributed by atoms with Crippen molar-refractivity contribution in [3.63, 3.8) is 0 Å². The van der Waals surface area contributed by atoms with Crippen molar-refractivity contribution in [2.24, 2.45) is 0 Å². The minimum atomic E-state index is -1.04. The van der Waals surface area contributed by atoms with Gasteiger partial charge in [0.15, 0.2) is 0 Å². The molecular weight excluding hydrogens is 268 g/mol. The number of carboxylic acids is 1. The number of thioether (sulfide) groups is 1. The maximum Gasteiger partial charge on any atom is 0.128 e. The highest BCUT2D eigenvalue weighted by Gasteiger charge is 2.16. The molecule has 2 heterocycles. The van der Waals surface area contributed by atoms with Gasteiger partial charge in [0, 0.05) is 10.3 Å². The van der Waals surface area contributed by atoms with Crippen LogP contribution in [0.25, 0.3) is 10.2 Å². The predicted molar refractivity (Wildman–Crippen MR) is 71.8 cm³/mol. The van der Waals surface area contributed by atoms with Gasteiger partial charge in [-0.15, -0.1) is 11.3 Å². The van der Waals surface area contributed by atoms with Crippen LogP contribution < -0.4 is 5.11 Å². The minimum absolute atomic E-state index is 0.515. The average Bonchev–Trinajstić information content (AvgIpc) is 2.62. The maximum absolute atomic E-state index is 11.0. The minimum Gasteiger partial charge on any atom is -0.549 e. The van der Waals surface area contributed by atoms with Gasteiger partial charge in [-0.05, 0) is 25.8 Å². The highest BCUT2D eigenvalue weighted by atomic mass is 32.2. The fourth-order valence-corrected chi connectivity index (χ4v) is 3.74. The zero-order chi connectivity index (χ0) is 13.3. The van der Waals surface area contributed by atoms with Gasteiger partial charge in [0.25, 0.3) is 0 Å². The van der Waals surface area contributed by atoms with Crippen molar-refractivity contribution in [2.75, 3.05) is 0 Å². The zero-order valence-corrected chi connectivity index (χ0v) is 12.0. The Morgan fingerprint density at radius 1 is 1.50 bits per heavy atom. The molecule has 2 aromatic heterocycles. The standard InChI is InChI=1S/C12H14N2O2S2/c1-4-8(12(15)16)18-11-9-6(2)7(3)17-10(9)13-5-14-11/h5,8H,4H2,1-3H3,(H,15,16)/p-1/t8-/m1/s1. The molecule has 0 fully saturated rings. The Bertz CT molecular complexity index is 595. The first-order valence-corrected chi connectivity index (χ1v) is 7.32. The summed E-state index contributed by atoms with van der Waals surface area (Å²) in [6.45, 7) is 5.88. The first kappa shape index (κ1) is 13.3. The van der Waals surface area contributed by atoms with E-state index in [1.165, 1.54) is 23.0 Å². The number of carboxylic acid groups (broad SMARTS) is 1. The second-order valence-corrected chi connectivity index (χ2v) is 6.37. The van der Waals surface area contributed by atoms with Crippen LogP contribution in [0.1, 0.15) is 23.8 Å². The number of aryl methyl sites for hydroxylation is 2. The van der Waals surface area contributed by atoms with Gasteiger partial charge in [-0.2, -0.15) is 0 Å². The summed E-state index contributed by atoms with van der Waals surface area (Å²) < 4.78 is 0. The van der Waals surface area contributed by atoms with E-state index >= 15 is 0 Å². The van der Waals surface area contributed by atoms with Crippen LogP contribution in [0.15, 0.2) is 11.4 Å². The number of aromatic nitrogens is 2. The molecule has 0 saturated carbocycles. The molecule has 0 unspecified atom stereocenters. The summed E-state index contributed by atoms with van der Waals surface area (Å²) in [5.74, 6) is -1.04. The van der Waals surface area contributed by atoms with Crippen molar-refractivity contribution in [1.29, 1.82) is 0 Å². The SMILES string of the molecule is CC[C@@H](Sc1ncnc2sc(C)c(C)c12)C(=O)[O-]. The van der Waals surface area contributed by atoms with Gasteiger partial charge in [-0.25, -0.2) is 9.97 Å². The molecule has 0 aliphatic carbocycles. The van der Waals surface area contributed by atoms with E-state index in [0.717, 1.165) is 20.8 Å². The van der Waals surface area contributed by atoms with E-state index in [4.69, 9.17) is 0 Å². The van der Waals surface area contributed by atoms with Crippen LogP contribution in [0.2, 0.25) is 0 Å². The van der Waals surface area contributed by atoms with Gasteiger partial charge >= 0.3 is 0 Å². The van der Waals surface area contributed by atoms with E-state index in [1.807, 2.05) is 20.8 Å². The molecular formula is C12H13N2O2S2-. The van der Waals surface area contributed by atoms with E-state index < -0.39 is 11.2 Å². The van der Waals surface area contributed by atoms with Crippen molar-refractivity contribution in [3.8, 4) is 0 Å². The smallest absolute Gasteiger partial charge is 0.128 e. The number of thiophene rings is 1. The molecule has 0 aromatic carbocycles. The number of carbonyl (C=O) groups excluding carboxylic acids is 1. The average molecular weight is 281 g/mol. The summed E-state index contributed by atoms with van der Waals surface area (Å²) in [6.07, 6.45) is 2.00. The van der Waals surface area contributed by atoms with Crippen molar-refractivity contribution in [1.82, 2.24) is 9.97 Å². The number of nitrogens with zero attached hydrogens (tertiary/aromatic N) is 2. The summed E-state index contributed by atoms with van der Waals surface area (Å²) in [6, 6.07) is 0. The van der Waals surface area contributed by atoms with E-state index in [0.29, 0.717) is 6.42 Å². The third-order valence-corrected chi connectivity index (χ3v) is 5.28. The summed E-state index contributed by atoms with van der Waals surface area (Å²) >= 11 is 2.86. The molecule has 1 atom stereocenters. The number of hydrogen-bond donors (Lipinski definition) is 0. The molecule has 0 saturated heterocycles. The van der Waals surface area contributed by atoms with E-state index in [2.05, 4.69) is 9.97 Å². The Morgan fingerprint density at radius 2 is 2.22 bits per heavy atom. The summed E-state index contributed by atoms with van der Waals surface area (Å²) in [7, 11) is 0. The quantitative estimate of drug-likeness (QED) is 0.633. The lowest BCUT2D eigenvalue weighted by Gasteiger charge is -2.15. The predicted octanol–water partition coefficient (Wildman–Crippen LogP) is 1.93. The van der Waals surface area contributed by atoms with Crippen LogP contribution in [0.4, 0.5) is 0 Å². The highest BCUT2D eigenvalue weighted by Crippen LogP contribution is 2.36. The highest BCUT2D eigenvalue weighted by molar-refractivity contribution is 8.00. The van der Waals surface area contributed by atoms with E-state index in [-0.39, 0.29) is 0 Å². The lowest BCUT2D eigenvalue weighted by atomic mass is 10.2. The molecule has 96 valence electrons. The van der Waals surface area contributed by atoms with Crippen molar-refractivity contribution >= 4 is 39.3 Å². The van der Waals surface area contributed by atoms with Gasteiger partial charge in [0.05, 0.1) is 11.2 Å². The van der Waals surface area contributed by atoms with Crippen LogP contribution in [0, 0.1) is 13.8 Å². The molecule has 0 aliphatic rings. The maximum atomic E-state index is 11.0. The van der Waals surface area contributed by atoms with Crippen LogP contribution in [0.3, 0.4) is 0 Å². The topological polar surface area (TPSA) is 65.9 Å². The normalized spacial score (nSPS) is 12.8. The largest absolute Gasteiger partial charge is 0.549 e. The van der Waals surface area contributed by atoms with Gasteiger partial charge in [-0.3, -0.25) is 0 Å². The summed E-state index contributed by atoms with van der Waals surface area (Å²) in [5, 5.41) is 12.1.